The second-order valence-corrected chi connectivity index (χ2v) is 8.40. The third kappa shape index (κ3) is 5.72. The molecule has 5 heteroatoms. The molecular weight excluding hydrogens is 380 g/mol. The van der Waals surface area contributed by atoms with Crippen LogP contribution in [0.2, 0.25) is 0 Å². The Morgan fingerprint density at radius 1 is 1.00 bits per heavy atom. The molecule has 1 aliphatic carbocycles. The standard InChI is InChI=1S/C22H22B2F2S.C2H6/c1-13(15-6-4-3-5-7-15)8-9-14(2)16-10-11-17(21(26)20(16)25)19-12-18(23)22(24)27-19;1-2/h8-12,15H,3-7H2,1-2H3;1-2H3/b13-8+,14-9+;. The van der Waals surface area contributed by atoms with Crippen LogP contribution in [0.15, 0.2) is 35.9 Å². The van der Waals surface area contributed by atoms with Gasteiger partial charge in [0.25, 0.3) is 0 Å². The van der Waals surface area contributed by atoms with E-state index in [1.54, 1.807) is 18.2 Å². The molecule has 1 fully saturated rings. The highest BCUT2D eigenvalue weighted by Crippen LogP contribution is 2.32. The number of hydrogen-bond donors (Lipinski definition) is 0. The van der Waals surface area contributed by atoms with Crippen LogP contribution in [0.3, 0.4) is 0 Å². The van der Waals surface area contributed by atoms with E-state index in [1.807, 2.05) is 26.8 Å². The van der Waals surface area contributed by atoms with Crippen molar-refractivity contribution in [2.24, 2.45) is 5.92 Å². The smallest absolute Gasteiger partial charge is 0.168 e. The highest BCUT2D eigenvalue weighted by Gasteiger charge is 2.17. The van der Waals surface area contributed by atoms with Gasteiger partial charge in [-0.2, -0.15) is 11.3 Å². The van der Waals surface area contributed by atoms with Gasteiger partial charge in [0.05, 0.1) is 0 Å². The van der Waals surface area contributed by atoms with E-state index >= 15 is 0 Å². The maximum atomic E-state index is 14.7. The molecule has 0 amide bonds. The van der Waals surface area contributed by atoms with Crippen LogP contribution in [0.25, 0.3) is 16.0 Å². The Hall–Kier alpha value is -1.61. The number of rotatable bonds is 4. The Kier molecular flexibility index (Phi) is 8.95. The van der Waals surface area contributed by atoms with Gasteiger partial charge >= 0.3 is 0 Å². The average Bonchev–Trinajstić information content (AvgIpc) is 3.08. The molecule has 0 bridgehead atoms. The van der Waals surface area contributed by atoms with Gasteiger partial charge in [-0.25, -0.2) is 8.78 Å². The summed E-state index contributed by atoms with van der Waals surface area (Å²) in [6.45, 7) is 7.94. The first-order chi connectivity index (χ1) is 13.9. The molecular formula is C24H28B2F2S. The van der Waals surface area contributed by atoms with Crippen molar-refractivity contribution in [2.45, 2.75) is 59.8 Å². The van der Waals surface area contributed by atoms with Gasteiger partial charge in [-0.3, -0.25) is 0 Å². The fraction of sp³-hybridized carbons (Fsp3) is 0.417. The third-order valence-corrected chi connectivity index (χ3v) is 6.42. The van der Waals surface area contributed by atoms with Crippen molar-refractivity contribution >= 4 is 42.8 Å². The van der Waals surface area contributed by atoms with Crippen LogP contribution in [0.5, 0.6) is 0 Å². The van der Waals surface area contributed by atoms with Crippen LogP contribution in [0.4, 0.5) is 8.78 Å². The van der Waals surface area contributed by atoms with Crippen molar-refractivity contribution in [3.63, 3.8) is 0 Å². The van der Waals surface area contributed by atoms with Crippen LogP contribution in [-0.2, 0) is 0 Å². The van der Waals surface area contributed by atoms with Crippen LogP contribution in [0, 0.1) is 17.6 Å². The predicted octanol–water partition coefficient (Wildman–Crippen LogP) is 6.24. The second-order valence-electron chi connectivity index (χ2n) is 7.31. The molecule has 1 aromatic carbocycles. The molecule has 1 aliphatic rings. The van der Waals surface area contributed by atoms with Crippen molar-refractivity contribution in [1.82, 2.24) is 0 Å². The topological polar surface area (TPSA) is 0 Å². The van der Waals surface area contributed by atoms with E-state index in [-0.39, 0.29) is 11.1 Å². The average molecular weight is 408 g/mol. The lowest BCUT2D eigenvalue weighted by Gasteiger charge is -2.22. The fourth-order valence-electron chi connectivity index (χ4n) is 3.64. The summed E-state index contributed by atoms with van der Waals surface area (Å²) in [5.41, 5.74) is 2.88. The molecule has 0 saturated heterocycles. The summed E-state index contributed by atoms with van der Waals surface area (Å²) in [7, 11) is 11.5. The molecule has 0 N–H and O–H groups in total. The van der Waals surface area contributed by atoms with Gasteiger partial charge in [0, 0.05) is 16.0 Å². The molecule has 0 atom stereocenters. The summed E-state index contributed by atoms with van der Waals surface area (Å²) in [4.78, 5) is 0.530. The minimum absolute atomic E-state index is 0.186. The van der Waals surface area contributed by atoms with Crippen molar-refractivity contribution in [2.75, 3.05) is 0 Å². The zero-order valence-corrected chi connectivity index (χ0v) is 18.6. The second kappa shape index (κ2) is 11.0. The molecule has 1 heterocycles. The molecule has 0 nitrogen and oxygen atoms in total. The van der Waals surface area contributed by atoms with Gasteiger partial charge in [-0.05, 0) is 44.2 Å². The number of hydrogen-bond acceptors (Lipinski definition) is 1. The highest BCUT2D eigenvalue weighted by molar-refractivity contribution is 7.24. The van der Waals surface area contributed by atoms with E-state index in [9.17, 15) is 8.78 Å². The van der Waals surface area contributed by atoms with Crippen molar-refractivity contribution in [3.05, 3.63) is 53.1 Å². The van der Waals surface area contributed by atoms with E-state index in [1.165, 1.54) is 37.7 Å². The largest absolute Gasteiger partial charge is 0.203 e. The first-order valence-corrected chi connectivity index (χ1v) is 11.2. The van der Waals surface area contributed by atoms with Gasteiger partial charge in [0.2, 0.25) is 0 Å². The summed E-state index contributed by atoms with van der Waals surface area (Å²) >= 11 is 1.16. The Morgan fingerprint density at radius 3 is 2.24 bits per heavy atom. The predicted molar refractivity (Wildman–Crippen MR) is 126 cm³/mol. The molecule has 1 aromatic heterocycles. The first kappa shape index (κ1) is 23.7. The lowest BCUT2D eigenvalue weighted by atomic mass is 9.84. The summed E-state index contributed by atoms with van der Waals surface area (Å²) in [5.74, 6) is -1.09. The highest BCUT2D eigenvalue weighted by atomic mass is 32.1. The Balaban J connectivity index is 0.00000145. The van der Waals surface area contributed by atoms with E-state index in [0.29, 0.717) is 26.6 Å². The summed E-state index contributed by atoms with van der Waals surface area (Å²) in [6, 6.07) is 4.79. The lowest BCUT2D eigenvalue weighted by Crippen LogP contribution is -2.18. The molecule has 4 radical (unpaired) electrons. The quantitative estimate of drug-likeness (QED) is 0.415. The van der Waals surface area contributed by atoms with E-state index in [0.717, 1.165) is 11.3 Å². The van der Waals surface area contributed by atoms with E-state index < -0.39 is 11.6 Å². The number of halogens is 2. The number of allylic oxidation sites excluding steroid dienone is 4. The summed E-state index contributed by atoms with van der Waals surface area (Å²) in [6.07, 6.45) is 10.3. The molecule has 0 unspecified atom stereocenters. The molecule has 29 heavy (non-hydrogen) atoms. The normalized spacial score (nSPS) is 15.8. The van der Waals surface area contributed by atoms with E-state index in [4.69, 9.17) is 15.7 Å². The molecule has 0 spiro atoms. The first-order valence-electron chi connectivity index (χ1n) is 10.4. The van der Waals surface area contributed by atoms with Gasteiger partial charge in [-0.15, -0.1) is 0 Å². The van der Waals surface area contributed by atoms with Gasteiger partial charge in [0.15, 0.2) is 11.6 Å². The van der Waals surface area contributed by atoms with Crippen molar-refractivity contribution in [3.8, 4) is 10.4 Å². The maximum absolute atomic E-state index is 14.7. The minimum atomic E-state index is -0.866. The summed E-state index contributed by atoms with van der Waals surface area (Å²) in [5, 5.41) is 0. The minimum Gasteiger partial charge on any atom is -0.203 e. The zero-order valence-electron chi connectivity index (χ0n) is 17.8. The van der Waals surface area contributed by atoms with Crippen LogP contribution < -0.4 is 10.2 Å². The van der Waals surface area contributed by atoms with Crippen LogP contribution >= 0.6 is 11.3 Å². The number of thiophene rings is 1. The Labute approximate surface area is 180 Å². The lowest BCUT2D eigenvalue weighted by molar-refractivity contribution is 0.403. The molecule has 2 aromatic rings. The van der Waals surface area contributed by atoms with Crippen molar-refractivity contribution in [1.29, 1.82) is 0 Å². The zero-order chi connectivity index (χ0) is 21.6. The van der Waals surface area contributed by atoms with Gasteiger partial charge < -0.3 is 0 Å². The molecule has 150 valence electrons. The van der Waals surface area contributed by atoms with E-state index in [2.05, 4.69) is 13.0 Å². The summed E-state index contributed by atoms with van der Waals surface area (Å²) < 4.78 is 29.7. The fourth-order valence-corrected chi connectivity index (χ4v) is 4.50. The monoisotopic (exact) mass is 408 g/mol. The molecule has 3 rings (SSSR count). The van der Waals surface area contributed by atoms with Crippen molar-refractivity contribution < 1.29 is 8.78 Å². The van der Waals surface area contributed by atoms with Gasteiger partial charge in [0.1, 0.15) is 15.7 Å². The maximum Gasteiger partial charge on any atom is 0.168 e. The molecule has 1 saturated carbocycles. The van der Waals surface area contributed by atoms with Crippen LogP contribution in [0.1, 0.15) is 65.4 Å². The van der Waals surface area contributed by atoms with Gasteiger partial charge in [-0.1, -0.05) is 73.2 Å². The molecule has 0 aliphatic heterocycles. The third-order valence-electron chi connectivity index (χ3n) is 5.41. The Morgan fingerprint density at radius 2 is 1.66 bits per heavy atom. The SMILES string of the molecule is CC.[B]c1cc(-c2ccc(/C(C)=C/C=C(\C)C3CCCCC3)c(F)c2F)sc1[B]. The number of benzene rings is 1. The Bertz CT molecular complexity index is 871. The van der Waals surface area contributed by atoms with Crippen LogP contribution in [-0.4, -0.2) is 15.7 Å².